The molecule has 2 atom stereocenters. The number of carbonyl (C=O) groups is 2. The fourth-order valence-electron chi connectivity index (χ4n) is 4.44. The molecule has 178 valence electrons. The molecule has 0 bridgehead atoms. The van der Waals surface area contributed by atoms with E-state index < -0.39 is 5.38 Å². The summed E-state index contributed by atoms with van der Waals surface area (Å²) in [5.41, 5.74) is 2.89. The number of thiophene rings is 1. The molecule has 34 heavy (non-hydrogen) atoms. The van der Waals surface area contributed by atoms with E-state index in [2.05, 4.69) is 11.4 Å². The molecule has 0 spiro atoms. The topological polar surface area (TPSA) is 40.6 Å². The van der Waals surface area contributed by atoms with Crippen LogP contribution >= 0.6 is 34.5 Å². The fourth-order valence-corrected chi connectivity index (χ4v) is 5.76. The van der Waals surface area contributed by atoms with Crippen molar-refractivity contribution in [3.05, 3.63) is 92.6 Å². The van der Waals surface area contributed by atoms with Crippen LogP contribution < -0.4 is 0 Å². The van der Waals surface area contributed by atoms with E-state index in [1.54, 1.807) is 16.2 Å². The molecule has 4 rings (SSSR count). The zero-order chi connectivity index (χ0) is 24.2. The van der Waals surface area contributed by atoms with Crippen LogP contribution in [-0.2, 0) is 16.0 Å². The predicted molar refractivity (Wildman–Crippen MR) is 139 cm³/mol. The zero-order valence-electron chi connectivity index (χ0n) is 19.3. The van der Waals surface area contributed by atoms with E-state index in [1.807, 2.05) is 73.3 Å². The van der Waals surface area contributed by atoms with Crippen LogP contribution in [0.5, 0.6) is 0 Å². The number of fused-ring (bicyclic) bond motifs is 1. The lowest BCUT2D eigenvalue weighted by atomic mass is 9.93. The summed E-state index contributed by atoms with van der Waals surface area (Å²) in [6.45, 7) is 5.13. The minimum atomic E-state index is -0.829. The molecule has 0 fully saturated rings. The van der Waals surface area contributed by atoms with E-state index >= 15 is 0 Å². The summed E-state index contributed by atoms with van der Waals surface area (Å²) in [5.74, 6) is -0.123. The first-order chi connectivity index (χ1) is 16.3. The molecule has 2 amide bonds. The maximum Gasteiger partial charge on any atom is 0.245 e. The van der Waals surface area contributed by atoms with Crippen LogP contribution in [0.1, 0.15) is 46.8 Å². The molecule has 2 unspecified atom stereocenters. The van der Waals surface area contributed by atoms with Crippen molar-refractivity contribution in [2.45, 2.75) is 31.7 Å². The average Bonchev–Trinajstić information content (AvgIpc) is 3.32. The van der Waals surface area contributed by atoms with Crippen LogP contribution in [0, 0.1) is 5.92 Å². The van der Waals surface area contributed by atoms with Gasteiger partial charge in [-0.15, -0.1) is 22.9 Å². The van der Waals surface area contributed by atoms with Crippen molar-refractivity contribution in [1.82, 2.24) is 9.80 Å². The summed E-state index contributed by atoms with van der Waals surface area (Å²) in [6.07, 6.45) is 0.809. The lowest BCUT2D eigenvalue weighted by Crippen LogP contribution is -2.48. The summed E-state index contributed by atoms with van der Waals surface area (Å²) in [6, 6.07) is 18.8. The third-order valence-corrected chi connectivity index (χ3v) is 7.69. The van der Waals surface area contributed by atoms with E-state index in [0.717, 1.165) is 23.1 Å². The Morgan fingerprint density at radius 2 is 1.79 bits per heavy atom. The second kappa shape index (κ2) is 10.9. The van der Waals surface area contributed by atoms with Crippen molar-refractivity contribution in [3.63, 3.8) is 0 Å². The largest absolute Gasteiger partial charge is 0.332 e. The molecule has 0 saturated carbocycles. The number of hydrogen-bond acceptors (Lipinski definition) is 3. The molecule has 0 saturated heterocycles. The number of nitrogens with zero attached hydrogens (tertiary/aromatic N) is 2. The summed E-state index contributed by atoms with van der Waals surface area (Å²) >= 11 is 14.4. The van der Waals surface area contributed by atoms with E-state index in [-0.39, 0.29) is 30.3 Å². The van der Waals surface area contributed by atoms with Gasteiger partial charge < -0.3 is 9.80 Å². The molecule has 1 aromatic heterocycles. The van der Waals surface area contributed by atoms with Gasteiger partial charge in [-0.3, -0.25) is 9.59 Å². The Labute approximate surface area is 215 Å². The first-order valence-corrected chi connectivity index (χ1v) is 13.1. The highest BCUT2D eigenvalue weighted by Crippen LogP contribution is 2.38. The van der Waals surface area contributed by atoms with Gasteiger partial charge in [-0.1, -0.05) is 67.9 Å². The van der Waals surface area contributed by atoms with Crippen molar-refractivity contribution in [2.75, 3.05) is 19.6 Å². The predicted octanol–water partition coefficient (Wildman–Crippen LogP) is 6.34. The Morgan fingerprint density at radius 3 is 2.47 bits per heavy atom. The van der Waals surface area contributed by atoms with Gasteiger partial charge in [-0.25, -0.2) is 0 Å². The van der Waals surface area contributed by atoms with Crippen molar-refractivity contribution >= 4 is 46.4 Å². The fraction of sp³-hybridized carbons (Fsp3) is 0.333. The molecule has 4 nitrogen and oxygen atoms in total. The Morgan fingerprint density at radius 1 is 1.09 bits per heavy atom. The number of alkyl halides is 1. The smallest absolute Gasteiger partial charge is 0.245 e. The highest BCUT2D eigenvalue weighted by atomic mass is 35.5. The van der Waals surface area contributed by atoms with E-state index in [9.17, 15) is 9.59 Å². The second-order valence-corrected chi connectivity index (χ2v) is 10.8. The summed E-state index contributed by atoms with van der Waals surface area (Å²) in [4.78, 5) is 31.9. The number of benzene rings is 2. The highest BCUT2D eigenvalue weighted by Gasteiger charge is 2.35. The second-order valence-electron chi connectivity index (χ2n) is 8.98. The molecule has 3 aromatic rings. The highest BCUT2D eigenvalue weighted by molar-refractivity contribution is 7.10. The van der Waals surface area contributed by atoms with Crippen molar-refractivity contribution in [3.8, 4) is 0 Å². The molecular formula is C27H28Cl2N2O2S. The SMILES string of the molecule is CC(C)CN(CC(=O)N1CCc2sccc2C1c1ccc(Cl)cc1)C(=O)C(Cl)c1ccccc1. The Hall–Kier alpha value is -2.34. The van der Waals surface area contributed by atoms with Gasteiger partial charge >= 0.3 is 0 Å². The lowest BCUT2D eigenvalue weighted by Gasteiger charge is -2.38. The number of amides is 2. The number of halogens is 2. The maximum atomic E-state index is 13.7. The van der Waals surface area contributed by atoms with Crippen molar-refractivity contribution in [2.24, 2.45) is 5.92 Å². The van der Waals surface area contributed by atoms with Crippen LogP contribution in [0.4, 0.5) is 0 Å². The third kappa shape index (κ3) is 5.48. The van der Waals surface area contributed by atoms with Gasteiger partial charge in [-0.2, -0.15) is 0 Å². The quantitative estimate of drug-likeness (QED) is 0.345. The Bertz CT molecular complexity index is 1130. The maximum absolute atomic E-state index is 13.7. The molecule has 2 heterocycles. The van der Waals surface area contributed by atoms with E-state index in [1.165, 1.54) is 4.88 Å². The van der Waals surface area contributed by atoms with Crippen molar-refractivity contribution < 1.29 is 9.59 Å². The average molecular weight is 516 g/mol. The van der Waals surface area contributed by atoms with E-state index in [4.69, 9.17) is 23.2 Å². The number of carbonyl (C=O) groups excluding carboxylic acids is 2. The summed E-state index contributed by atoms with van der Waals surface area (Å²) in [7, 11) is 0. The normalized spacial score (nSPS) is 16.3. The number of rotatable bonds is 7. The van der Waals surface area contributed by atoms with Crippen LogP contribution in [0.3, 0.4) is 0 Å². The monoisotopic (exact) mass is 514 g/mol. The van der Waals surface area contributed by atoms with Crippen LogP contribution in [0.15, 0.2) is 66.0 Å². The molecule has 7 heteroatoms. The molecule has 0 N–H and O–H groups in total. The minimum absolute atomic E-state index is 0.00335. The third-order valence-electron chi connectivity index (χ3n) is 6.00. The van der Waals surface area contributed by atoms with Gasteiger partial charge in [0.1, 0.15) is 5.38 Å². The molecule has 0 aliphatic carbocycles. The minimum Gasteiger partial charge on any atom is -0.332 e. The zero-order valence-corrected chi connectivity index (χ0v) is 21.6. The van der Waals surface area contributed by atoms with Gasteiger partial charge in [0.15, 0.2) is 0 Å². The molecule has 0 radical (unpaired) electrons. The Kier molecular flexibility index (Phi) is 7.97. The summed E-state index contributed by atoms with van der Waals surface area (Å²) in [5, 5.41) is 1.91. The molecule has 2 aromatic carbocycles. The molecule has 1 aliphatic rings. The number of hydrogen-bond donors (Lipinski definition) is 0. The van der Waals surface area contributed by atoms with Gasteiger partial charge in [0.05, 0.1) is 12.6 Å². The lowest BCUT2D eigenvalue weighted by molar-refractivity contribution is -0.142. The molecular weight excluding hydrogens is 487 g/mol. The van der Waals surface area contributed by atoms with Crippen molar-refractivity contribution in [1.29, 1.82) is 0 Å². The Balaban J connectivity index is 1.59. The first-order valence-electron chi connectivity index (χ1n) is 11.4. The summed E-state index contributed by atoms with van der Waals surface area (Å²) < 4.78 is 0. The molecule has 1 aliphatic heterocycles. The standard InChI is InChI=1S/C27H28Cl2N2O2S/c1-18(2)16-30(27(33)25(29)19-6-4-3-5-7-19)17-24(32)31-14-12-23-22(13-15-34-23)26(31)20-8-10-21(28)11-9-20/h3-11,13,15,18,25-26H,12,14,16-17H2,1-2H3. The van der Waals surface area contributed by atoms with Gasteiger partial charge in [-0.05, 0) is 52.6 Å². The van der Waals surface area contributed by atoms with Crippen LogP contribution in [0.2, 0.25) is 5.02 Å². The van der Waals surface area contributed by atoms with E-state index in [0.29, 0.717) is 18.1 Å². The van der Waals surface area contributed by atoms with Gasteiger partial charge in [0.25, 0.3) is 0 Å². The van der Waals surface area contributed by atoms with Gasteiger partial charge in [0.2, 0.25) is 11.8 Å². The van der Waals surface area contributed by atoms with Gasteiger partial charge in [0, 0.05) is 23.0 Å². The van der Waals surface area contributed by atoms with Crippen LogP contribution in [-0.4, -0.2) is 41.2 Å². The van der Waals surface area contributed by atoms with Crippen LogP contribution in [0.25, 0.3) is 0 Å². The first kappa shape index (κ1) is 24.8.